The lowest BCUT2D eigenvalue weighted by molar-refractivity contribution is -0.118. The fourth-order valence-corrected chi connectivity index (χ4v) is 4.30. The minimum atomic E-state index is -3.38. The minimum absolute atomic E-state index is 0.0162. The first-order valence-electron chi connectivity index (χ1n) is 7.39. The van der Waals surface area contributed by atoms with E-state index >= 15 is 0 Å². The summed E-state index contributed by atoms with van der Waals surface area (Å²) < 4.78 is 26.6. The van der Waals surface area contributed by atoms with Gasteiger partial charge >= 0.3 is 0 Å². The molecule has 0 spiro atoms. The van der Waals surface area contributed by atoms with Gasteiger partial charge in [-0.2, -0.15) is 16.1 Å². The number of rotatable bonds is 6. The molecule has 1 aliphatic rings. The summed E-state index contributed by atoms with van der Waals surface area (Å²) in [5, 5.41) is 2.80. The average Bonchev–Trinajstić information content (AvgIpc) is 2.54. The van der Waals surface area contributed by atoms with E-state index in [4.69, 9.17) is 0 Å². The predicted octanol–water partition coefficient (Wildman–Crippen LogP) is 1.84. The molecule has 1 aromatic carbocycles. The van der Waals surface area contributed by atoms with E-state index in [1.54, 1.807) is 28.6 Å². The zero-order valence-corrected chi connectivity index (χ0v) is 14.4. The highest BCUT2D eigenvalue weighted by atomic mass is 32.2. The summed E-state index contributed by atoms with van der Waals surface area (Å²) in [5.41, 5.74) is 0.895. The predicted molar refractivity (Wildman–Crippen MR) is 89.3 cm³/mol. The number of carbonyl (C=O) groups excluding carboxylic acids is 1. The molecule has 1 N–H and O–H groups in total. The number of benzene rings is 1. The summed E-state index contributed by atoms with van der Waals surface area (Å²) in [5.74, 6) is 0.416. The molecule has 0 saturated carbocycles. The zero-order chi connectivity index (χ0) is 16.0. The number of thioether (sulfide) groups is 1. The molecule has 122 valence electrons. The van der Waals surface area contributed by atoms with Crippen LogP contribution in [0.25, 0.3) is 0 Å². The van der Waals surface area contributed by atoms with Crippen molar-refractivity contribution in [3.63, 3.8) is 0 Å². The van der Waals surface area contributed by atoms with E-state index in [0.717, 1.165) is 24.8 Å². The minimum Gasteiger partial charge on any atom is -0.351 e. The van der Waals surface area contributed by atoms with Crippen LogP contribution in [-0.4, -0.2) is 43.7 Å². The van der Waals surface area contributed by atoms with Gasteiger partial charge in [0.05, 0.1) is 10.6 Å². The third-order valence-corrected chi connectivity index (χ3v) is 6.11. The van der Waals surface area contributed by atoms with Crippen molar-refractivity contribution in [2.75, 3.05) is 25.1 Å². The van der Waals surface area contributed by atoms with Crippen LogP contribution in [0.5, 0.6) is 0 Å². The second-order valence-electron chi connectivity index (χ2n) is 5.32. The molecule has 1 fully saturated rings. The van der Waals surface area contributed by atoms with E-state index in [9.17, 15) is 13.2 Å². The van der Waals surface area contributed by atoms with Crippen LogP contribution in [0.15, 0.2) is 29.2 Å². The summed E-state index contributed by atoms with van der Waals surface area (Å²) >= 11 is 1.47. The largest absolute Gasteiger partial charge is 0.351 e. The van der Waals surface area contributed by atoms with Gasteiger partial charge in [0.25, 0.3) is 0 Å². The Morgan fingerprint density at radius 3 is 2.41 bits per heavy atom. The molecule has 0 aromatic heterocycles. The highest BCUT2D eigenvalue weighted by Gasteiger charge is 2.25. The van der Waals surface area contributed by atoms with Gasteiger partial charge in [-0.25, -0.2) is 8.42 Å². The number of carbonyl (C=O) groups is 1. The Balaban J connectivity index is 2.00. The summed E-state index contributed by atoms with van der Waals surface area (Å²) in [7, 11) is -3.38. The highest BCUT2D eigenvalue weighted by molar-refractivity contribution is 7.99. The van der Waals surface area contributed by atoms with Gasteiger partial charge in [0.2, 0.25) is 15.9 Å². The summed E-state index contributed by atoms with van der Waals surface area (Å²) in [6.45, 7) is 1.63. The van der Waals surface area contributed by atoms with Crippen molar-refractivity contribution in [3.05, 3.63) is 29.8 Å². The Labute approximate surface area is 136 Å². The normalized spacial score (nSPS) is 16.4. The zero-order valence-electron chi connectivity index (χ0n) is 12.7. The molecule has 1 amide bonds. The first-order valence-corrected chi connectivity index (χ1v) is 10.2. The lowest BCUT2D eigenvalue weighted by atomic mass is 10.2. The standard InChI is InChI=1S/C15H22N2O3S2/c1-21-12-15(18)16-11-13-5-7-14(8-6-13)22(19,20)17-9-3-2-4-10-17/h5-8H,2-4,9-12H2,1H3,(H,16,18). The number of nitrogens with one attached hydrogen (secondary N) is 1. The molecule has 5 nitrogen and oxygen atoms in total. The Morgan fingerprint density at radius 2 is 1.82 bits per heavy atom. The number of sulfonamides is 1. The molecule has 7 heteroatoms. The molecule has 0 atom stereocenters. The first kappa shape index (κ1) is 17.3. The van der Waals surface area contributed by atoms with Gasteiger partial charge in [-0.05, 0) is 36.8 Å². The van der Waals surface area contributed by atoms with Crippen LogP contribution in [0.1, 0.15) is 24.8 Å². The molecule has 0 unspecified atom stereocenters. The molecule has 1 saturated heterocycles. The molecule has 0 bridgehead atoms. The highest BCUT2D eigenvalue weighted by Crippen LogP contribution is 2.20. The third-order valence-electron chi connectivity index (χ3n) is 3.64. The summed E-state index contributed by atoms with van der Waals surface area (Å²) in [6.07, 6.45) is 4.83. The van der Waals surface area contributed by atoms with Crippen LogP contribution in [0.3, 0.4) is 0 Å². The number of piperidine rings is 1. The Hall–Kier alpha value is -1.05. The molecule has 1 aromatic rings. The van der Waals surface area contributed by atoms with Crippen molar-refractivity contribution >= 4 is 27.7 Å². The van der Waals surface area contributed by atoms with Crippen molar-refractivity contribution in [1.82, 2.24) is 9.62 Å². The van der Waals surface area contributed by atoms with E-state index in [0.29, 0.717) is 30.3 Å². The maximum absolute atomic E-state index is 12.5. The van der Waals surface area contributed by atoms with E-state index in [1.165, 1.54) is 11.8 Å². The lowest BCUT2D eigenvalue weighted by Crippen LogP contribution is -2.35. The Bertz CT molecular complexity index is 594. The van der Waals surface area contributed by atoms with E-state index in [-0.39, 0.29) is 5.91 Å². The number of hydrogen-bond acceptors (Lipinski definition) is 4. The van der Waals surface area contributed by atoms with Crippen LogP contribution in [0.2, 0.25) is 0 Å². The number of nitrogens with zero attached hydrogens (tertiary/aromatic N) is 1. The maximum Gasteiger partial charge on any atom is 0.243 e. The van der Waals surface area contributed by atoms with Crippen LogP contribution in [0, 0.1) is 0 Å². The quantitative estimate of drug-likeness (QED) is 0.857. The van der Waals surface area contributed by atoms with E-state index in [2.05, 4.69) is 5.32 Å². The van der Waals surface area contributed by atoms with Gasteiger partial charge < -0.3 is 5.32 Å². The number of hydrogen-bond donors (Lipinski definition) is 1. The summed E-state index contributed by atoms with van der Waals surface area (Å²) in [6, 6.07) is 6.77. The van der Waals surface area contributed by atoms with Gasteiger partial charge in [0, 0.05) is 19.6 Å². The second-order valence-corrected chi connectivity index (χ2v) is 8.12. The molecule has 1 aliphatic heterocycles. The first-order chi connectivity index (χ1) is 10.5. The van der Waals surface area contributed by atoms with E-state index < -0.39 is 10.0 Å². The molecule has 0 aliphatic carbocycles. The van der Waals surface area contributed by atoms with Gasteiger partial charge in [-0.15, -0.1) is 0 Å². The van der Waals surface area contributed by atoms with Gasteiger partial charge in [-0.3, -0.25) is 4.79 Å². The maximum atomic E-state index is 12.5. The monoisotopic (exact) mass is 342 g/mol. The lowest BCUT2D eigenvalue weighted by Gasteiger charge is -2.25. The van der Waals surface area contributed by atoms with Crippen molar-refractivity contribution in [2.45, 2.75) is 30.7 Å². The smallest absolute Gasteiger partial charge is 0.243 e. The molecule has 1 heterocycles. The van der Waals surface area contributed by atoms with Gasteiger partial charge in [0.1, 0.15) is 0 Å². The average molecular weight is 342 g/mol. The molecular weight excluding hydrogens is 320 g/mol. The summed E-state index contributed by atoms with van der Waals surface area (Å²) in [4.78, 5) is 11.7. The molecule has 22 heavy (non-hydrogen) atoms. The molecule has 0 radical (unpaired) electrons. The van der Waals surface area contributed by atoms with Gasteiger partial charge in [-0.1, -0.05) is 18.6 Å². The van der Waals surface area contributed by atoms with Crippen molar-refractivity contribution in [3.8, 4) is 0 Å². The van der Waals surface area contributed by atoms with Crippen molar-refractivity contribution in [2.24, 2.45) is 0 Å². The second kappa shape index (κ2) is 7.99. The third kappa shape index (κ3) is 4.47. The fraction of sp³-hybridized carbons (Fsp3) is 0.533. The van der Waals surface area contributed by atoms with Crippen LogP contribution < -0.4 is 5.32 Å². The fourth-order valence-electron chi connectivity index (χ4n) is 2.42. The Morgan fingerprint density at radius 1 is 1.18 bits per heavy atom. The topological polar surface area (TPSA) is 66.5 Å². The van der Waals surface area contributed by atoms with Gasteiger partial charge in [0.15, 0.2) is 0 Å². The van der Waals surface area contributed by atoms with Crippen molar-refractivity contribution in [1.29, 1.82) is 0 Å². The number of amides is 1. The van der Waals surface area contributed by atoms with Crippen LogP contribution in [0.4, 0.5) is 0 Å². The van der Waals surface area contributed by atoms with Crippen molar-refractivity contribution < 1.29 is 13.2 Å². The SMILES string of the molecule is CSCC(=O)NCc1ccc(S(=O)(=O)N2CCCCC2)cc1. The molecular formula is C15H22N2O3S2. The van der Waals surface area contributed by atoms with Crippen LogP contribution >= 0.6 is 11.8 Å². The van der Waals surface area contributed by atoms with Crippen LogP contribution in [-0.2, 0) is 21.4 Å². The molecule has 2 rings (SSSR count). The Kier molecular flexibility index (Phi) is 6.28. The van der Waals surface area contributed by atoms with E-state index in [1.807, 2.05) is 6.26 Å².